The van der Waals surface area contributed by atoms with E-state index in [1.165, 1.54) is 12.1 Å². The molecule has 0 radical (unpaired) electrons. The van der Waals surface area contributed by atoms with E-state index >= 15 is 0 Å². The summed E-state index contributed by atoms with van der Waals surface area (Å²) < 4.78 is 4.96. The molecular weight excluding hydrogens is 184 g/mol. The van der Waals surface area contributed by atoms with E-state index in [0.29, 0.717) is 18.1 Å². The van der Waals surface area contributed by atoms with Crippen molar-refractivity contribution in [3.05, 3.63) is 23.7 Å². The first-order valence-corrected chi connectivity index (χ1v) is 4.51. The molecule has 0 aromatic carbocycles. The van der Waals surface area contributed by atoms with Gasteiger partial charge in [-0.25, -0.2) is 4.79 Å². The molecule has 0 spiro atoms. The molecule has 1 rings (SSSR count). The summed E-state index contributed by atoms with van der Waals surface area (Å²) in [6.07, 6.45) is -0.157. The summed E-state index contributed by atoms with van der Waals surface area (Å²) >= 11 is 0. The van der Waals surface area contributed by atoms with Crippen molar-refractivity contribution in [2.75, 3.05) is 0 Å². The second-order valence-electron chi connectivity index (χ2n) is 3.65. The van der Waals surface area contributed by atoms with Gasteiger partial charge >= 0.3 is 5.97 Å². The molecule has 0 aliphatic heterocycles. The molecule has 4 heteroatoms. The number of rotatable bonds is 4. The Morgan fingerprint density at radius 3 is 2.57 bits per heavy atom. The quantitative estimate of drug-likeness (QED) is 0.776. The Hall–Kier alpha value is -1.29. The van der Waals surface area contributed by atoms with Gasteiger partial charge in [0.25, 0.3) is 0 Å². The van der Waals surface area contributed by atoms with Crippen LogP contribution in [0, 0.1) is 5.92 Å². The standard InChI is InChI=1S/C10H14O4/c1-6(2)5-7(11)8-3-4-9(14-8)10(12)13/h3-4,6-7,11H,5H2,1-2H3,(H,12,13). The molecule has 0 amide bonds. The molecule has 78 valence electrons. The molecule has 0 aliphatic rings. The van der Waals surface area contributed by atoms with E-state index in [0.717, 1.165) is 0 Å². The van der Waals surface area contributed by atoms with Gasteiger partial charge in [0.15, 0.2) is 0 Å². The van der Waals surface area contributed by atoms with Crippen LogP contribution >= 0.6 is 0 Å². The zero-order valence-electron chi connectivity index (χ0n) is 8.23. The lowest BCUT2D eigenvalue weighted by molar-refractivity contribution is 0.0647. The van der Waals surface area contributed by atoms with Crippen LogP contribution in [-0.4, -0.2) is 16.2 Å². The largest absolute Gasteiger partial charge is 0.475 e. The Labute approximate surface area is 82.2 Å². The van der Waals surface area contributed by atoms with Crippen molar-refractivity contribution in [1.29, 1.82) is 0 Å². The molecule has 1 aromatic rings. The van der Waals surface area contributed by atoms with Gasteiger partial charge in [-0.3, -0.25) is 0 Å². The molecule has 0 aliphatic carbocycles. The summed E-state index contributed by atoms with van der Waals surface area (Å²) in [4.78, 5) is 10.5. The molecule has 14 heavy (non-hydrogen) atoms. The van der Waals surface area contributed by atoms with Gasteiger partial charge < -0.3 is 14.6 Å². The van der Waals surface area contributed by atoms with Crippen molar-refractivity contribution < 1.29 is 19.4 Å². The zero-order chi connectivity index (χ0) is 10.7. The Kier molecular flexibility index (Phi) is 3.30. The van der Waals surface area contributed by atoms with Gasteiger partial charge in [0, 0.05) is 0 Å². The number of carbonyl (C=O) groups is 1. The third kappa shape index (κ3) is 2.60. The number of hydrogen-bond acceptors (Lipinski definition) is 3. The highest BCUT2D eigenvalue weighted by molar-refractivity contribution is 5.84. The highest BCUT2D eigenvalue weighted by Gasteiger charge is 2.16. The second-order valence-corrected chi connectivity index (χ2v) is 3.65. The summed E-state index contributed by atoms with van der Waals surface area (Å²) in [6, 6.07) is 2.84. The third-order valence-electron chi connectivity index (χ3n) is 1.86. The number of aromatic carboxylic acids is 1. The van der Waals surface area contributed by atoms with E-state index in [1.807, 2.05) is 13.8 Å². The molecule has 0 saturated heterocycles. The molecule has 1 aromatic heterocycles. The highest BCUT2D eigenvalue weighted by atomic mass is 16.4. The normalized spacial score (nSPS) is 13.1. The lowest BCUT2D eigenvalue weighted by Crippen LogP contribution is -2.00. The first-order valence-electron chi connectivity index (χ1n) is 4.51. The maximum atomic E-state index is 10.5. The van der Waals surface area contributed by atoms with E-state index in [-0.39, 0.29) is 5.76 Å². The lowest BCUT2D eigenvalue weighted by atomic mass is 10.0. The Morgan fingerprint density at radius 2 is 2.14 bits per heavy atom. The van der Waals surface area contributed by atoms with E-state index in [4.69, 9.17) is 9.52 Å². The topological polar surface area (TPSA) is 70.7 Å². The molecule has 4 nitrogen and oxygen atoms in total. The average molecular weight is 198 g/mol. The minimum absolute atomic E-state index is 0.136. The maximum Gasteiger partial charge on any atom is 0.371 e. The predicted molar refractivity (Wildman–Crippen MR) is 50.1 cm³/mol. The van der Waals surface area contributed by atoms with Gasteiger partial charge in [-0.1, -0.05) is 13.8 Å². The van der Waals surface area contributed by atoms with Crippen LogP contribution in [0.2, 0.25) is 0 Å². The number of carboxylic acids is 1. The minimum atomic E-state index is -1.12. The van der Waals surface area contributed by atoms with Crippen LogP contribution in [-0.2, 0) is 0 Å². The van der Waals surface area contributed by atoms with Crippen LogP contribution in [0.25, 0.3) is 0 Å². The molecule has 1 heterocycles. The van der Waals surface area contributed by atoms with Crippen LogP contribution in [0.15, 0.2) is 16.5 Å². The molecule has 2 N–H and O–H groups in total. The zero-order valence-corrected chi connectivity index (χ0v) is 8.23. The van der Waals surface area contributed by atoms with E-state index in [9.17, 15) is 9.90 Å². The second kappa shape index (κ2) is 4.28. The van der Waals surface area contributed by atoms with Crippen LogP contribution in [0.3, 0.4) is 0 Å². The van der Waals surface area contributed by atoms with E-state index in [1.54, 1.807) is 0 Å². The molecule has 1 unspecified atom stereocenters. The number of carboxylic acid groups (broad SMARTS) is 1. The Balaban J connectivity index is 2.71. The van der Waals surface area contributed by atoms with Crippen LogP contribution in [0.5, 0.6) is 0 Å². The minimum Gasteiger partial charge on any atom is -0.475 e. The third-order valence-corrected chi connectivity index (χ3v) is 1.86. The maximum absolute atomic E-state index is 10.5. The van der Waals surface area contributed by atoms with Gasteiger partial charge in [0.2, 0.25) is 5.76 Å². The van der Waals surface area contributed by atoms with Crippen molar-refractivity contribution in [2.24, 2.45) is 5.92 Å². The van der Waals surface area contributed by atoms with Crippen molar-refractivity contribution in [3.8, 4) is 0 Å². The first-order chi connectivity index (χ1) is 6.50. The first kappa shape index (κ1) is 10.8. The van der Waals surface area contributed by atoms with Gasteiger partial charge in [-0.05, 0) is 24.5 Å². The number of furan rings is 1. The van der Waals surface area contributed by atoms with Crippen LogP contribution in [0.1, 0.15) is 42.7 Å². The average Bonchev–Trinajstić information content (AvgIpc) is 2.50. The summed E-state index contributed by atoms with van der Waals surface area (Å²) in [7, 11) is 0. The summed E-state index contributed by atoms with van der Waals surface area (Å²) in [5, 5.41) is 18.2. The monoisotopic (exact) mass is 198 g/mol. The number of aliphatic hydroxyl groups excluding tert-OH is 1. The fourth-order valence-electron chi connectivity index (χ4n) is 1.21. The highest BCUT2D eigenvalue weighted by Crippen LogP contribution is 2.22. The molecule has 1 atom stereocenters. The number of hydrogen-bond donors (Lipinski definition) is 2. The molecule has 0 saturated carbocycles. The molecular formula is C10H14O4. The summed E-state index contributed by atoms with van der Waals surface area (Å²) in [5.41, 5.74) is 0. The lowest BCUT2D eigenvalue weighted by Gasteiger charge is -2.09. The van der Waals surface area contributed by atoms with Gasteiger partial charge in [0.05, 0.1) is 0 Å². The fraction of sp³-hybridized carbons (Fsp3) is 0.500. The SMILES string of the molecule is CC(C)CC(O)c1ccc(C(=O)O)o1. The fourth-order valence-corrected chi connectivity index (χ4v) is 1.21. The van der Waals surface area contributed by atoms with E-state index in [2.05, 4.69) is 0 Å². The van der Waals surface area contributed by atoms with E-state index < -0.39 is 12.1 Å². The smallest absolute Gasteiger partial charge is 0.371 e. The van der Waals surface area contributed by atoms with Crippen LogP contribution < -0.4 is 0 Å². The van der Waals surface area contributed by atoms with Crippen molar-refractivity contribution in [1.82, 2.24) is 0 Å². The van der Waals surface area contributed by atoms with Crippen LogP contribution in [0.4, 0.5) is 0 Å². The van der Waals surface area contributed by atoms with Gasteiger partial charge in [-0.15, -0.1) is 0 Å². The Morgan fingerprint density at radius 1 is 1.50 bits per heavy atom. The van der Waals surface area contributed by atoms with Crippen molar-refractivity contribution >= 4 is 5.97 Å². The molecule has 0 fully saturated rings. The van der Waals surface area contributed by atoms with Gasteiger partial charge in [-0.2, -0.15) is 0 Å². The Bertz CT molecular complexity index is 314. The summed E-state index contributed by atoms with van der Waals surface area (Å²) in [5.74, 6) is -0.602. The molecule has 0 bridgehead atoms. The van der Waals surface area contributed by atoms with Gasteiger partial charge in [0.1, 0.15) is 11.9 Å². The predicted octanol–water partition coefficient (Wildman–Crippen LogP) is 2.06. The van der Waals surface area contributed by atoms with Crippen molar-refractivity contribution in [2.45, 2.75) is 26.4 Å². The van der Waals surface area contributed by atoms with Crippen molar-refractivity contribution in [3.63, 3.8) is 0 Å². The summed E-state index contributed by atoms with van der Waals surface area (Å²) in [6.45, 7) is 3.95. The number of aliphatic hydroxyl groups is 1.